The summed E-state index contributed by atoms with van der Waals surface area (Å²) in [4.78, 5) is 13.8. The van der Waals surface area contributed by atoms with Gasteiger partial charge in [-0.05, 0) is 49.1 Å². The van der Waals surface area contributed by atoms with Crippen LogP contribution in [0.25, 0.3) is 0 Å². The number of benzene rings is 2. The van der Waals surface area contributed by atoms with Crippen molar-refractivity contribution in [2.45, 2.75) is 24.3 Å². The highest BCUT2D eigenvalue weighted by Gasteiger charge is 2.37. The van der Waals surface area contributed by atoms with Gasteiger partial charge in [-0.15, -0.1) is 0 Å². The summed E-state index contributed by atoms with van der Waals surface area (Å²) in [6.45, 7) is 3.17. The Labute approximate surface area is 183 Å². The number of piperazine rings is 1. The summed E-state index contributed by atoms with van der Waals surface area (Å²) in [6, 6.07) is 15.8. The van der Waals surface area contributed by atoms with E-state index in [4.69, 9.17) is 0 Å². The Hall–Kier alpha value is -1.90. The second-order valence-corrected chi connectivity index (χ2v) is 10.6. The van der Waals surface area contributed by atoms with Gasteiger partial charge in [-0.2, -0.15) is 16.9 Å². The molecule has 0 bridgehead atoms. The first-order chi connectivity index (χ1) is 14.3. The van der Waals surface area contributed by atoms with E-state index < -0.39 is 20.5 Å². The number of rotatable bonds is 8. The molecule has 0 N–H and O–H groups in total. The van der Waals surface area contributed by atoms with E-state index in [1.807, 2.05) is 35.2 Å². The van der Waals surface area contributed by atoms with E-state index >= 15 is 0 Å². The lowest BCUT2D eigenvalue weighted by Crippen LogP contribution is -2.51. The van der Waals surface area contributed by atoms with Crippen LogP contribution in [0.5, 0.6) is 0 Å². The fourth-order valence-electron chi connectivity index (χ4n) is 3.81. The minimum Gasteiger partial charge on any atom is -0.369 e. The van der Waals surface area contributed by atoms with Gasteiger partial charge in [-0.3, -0.25) is 0 Å². The standard InChI is InChI=1S/C22H27FN2O3S2/c1-17(26)15-19(16-18-5-3-2-4-6-18)22(29)30(27,28)25-13-11-24(12-14-25)21-9-7-20(23)8-10-21/h2-10,19,22,29H,11-16H2,1H3. The SMILES string of the molecule is CC(=O)CC(Cc1ccccc1)C(S)S(=O)(=O)N1CCN(c2ccc(F)cc2)CC1. The molecule has 2 aromatic carbocycles. The summed E-state index contributed by atoms with van der Waals surface area (Å²) in [5.74, 6) is -0.757. The van der Waals surface area contributed by atoms with E-state index in [2.05, 4.69) is 12.6 Å². The van der Waals surface area contributed by atoms with Crippen LogP contribution in [0.3, 0.4) is 0 Å². The lowest BCUT2D eigenvalue weighted by atomic mass is 9.96. The van der Waals surface area contributed by atoms with Crippen LogP contribution in [-0.2, 0) is 21.2 Å². The third-order valence-corrected chi connectivity index (χ3v) is 8.69. The van der Waals surface area contributed by atoms with E-state index in [0.717, 1.165) is 11.3 Å². The second kappa shape index (κ2) is 9.94. The molecular formula is C22H27FN2O3S2. The molecule has 0 aromatic heterocycles. The molecule has 0 saturated carbocycles. The smallest absolute Gasteiger partial charge is 0.226 e. The van der Waals surface area contributed by atoms with Gasteiger partial charge in [0, 0.05) is 38.3 Å². The van der Waals surface area contributed by atoms with Gasteiger partial charge in [-0.25, -0.2) is 12.8 Å². The van der Waals surface area contributed by atoms with Crippen molar-refractivity contribution in [3.63, 3.8) is 0 Å². The van der Waals surface area contributed by atoms with Gasteiger partial charge in [0.05, 0.1) is 0 Å². The molecule has 0 amide bonds. The summed E-state index contributed by atoms with van der Waals surface area (Å²) in [6.07, 6.45) is 0.640. The number of halogens is 1. The number of carbonyl (C=O) groups excluding carboxylic acids is 1. The first-order valence-electron chi connectivity index (χ1n) is 9.98. The zero-order chi connectivity index (χ0) is 21.7. The van der Waals surface area contributed by atoms with Crippen molar-refractivity contribution >= 4 is 34.1 Å². The third kappa shape index (κ3) is 5.62. The number of thiol groups is 1. The third-order valence-electron chi connectivity index (χ3n) is 5.39. The summed E-state index contributed by atoms with van der Waals surface area (Å²) < 4.78 is 40.2. The number of anilines is 1. The largest absolute Gasteiger partial charge is 0.369 e. The molecule has 2 atom stereocenters. The Morgan fingerprint density at radius 3 is 2.20 bits per heavy atom. The van der Waals surface area contributed by atoms with Gasteiger partial charge < -0.3 is 9.69 Å². The lowest BCUT2D eigenvalue weighted by Gasteiger charge is -2.37. The predicted molar refractivity (Wildman–Crippen MR) is 121 cm³/mol. The number of carbonyl (C=O) groups is 1. The van der Waals surface area contributed by atoms with Crippen molar-refractivity contribution in [2.75, 3.05) is 31.1 Å². The van der Waals surface area contributed by atoms with Crippen molar-refractivity contribution in [1.82, 2.24) is 4.31 Å². The van der Waals surface area contributed by atoms with E-state index in [9.17, 15) is 17.6 Å². The topological polar surface area (TPSA) is 57.7 Å². The Morgan fingerprint density at radius 2 is 1.63 bits per heavy atom. The highest BCUT2D eigenvalue weighted by atomic mass is 32.3. The number of hydrogen-bond donors (Lipinski definition) is 1. The van der Waals surface area contributed by atoms with E-state index in [-0.39, 0.29) is 18.0 Å². The van der Waals surface area contributed by atoms with Crippen LogP contribution >= 0.6 is 12.6 Å². The molecule has 0 radical (unpaired) electrons. The number of nitrogens with zero attached hydrogens (tertiary/aromatic N) is 2. The van der Waals surface area contributed by atoms with Crippen molar-refractivity contribution in [1.29, 1.82) is 0 Å². The predicted octanol–water partition coefficient (Wildman–Crippen LogP) is 3.37. The number of sulfonamides is 1. The molecule has 5 nitrogen and oxygen atoms in total. The first kappa shape index (κ1) is 22.8. The van der Waals surface area contributed by atoms with Gasteiger partial charge in [0.1, 0.15) is 16.2 Å². The molecule has 30 heavy (non-hydrogen) atoms. The summed E-state index contributed by atoms with van der Waals surface area (Å²) in [5.41, 5.74) is 1.86. The quantitative estimate of drug-likeness (QED) is 0.627. The van der Waals surface area contributed by atoms with E-state index in [1.54, 1.807) is 12.1 Å². The van der Waals surface area contributed by atoms with Crippen molar-refractivity contribution in [3.05, 3.63) is 66.0 Å². The molecule has 1 aliphatic rings. The van der Waals surface area contributed by atoms with E-state index in [0.29, 0.717) is 32.6 Å². The maximum atomic E-state index is 13.3. The highest BCUT2D eigenvalue weighted by molar-refractivity contribution is 8.03. The van der Waals surface area contributed by atoms with Gasteiger partial charge in [0.25, 0.3) is 0 Å². The number of ketones is 1. The lowest BCUT2D eigenvalue weighted by molar-refractivity contribution is -0.117. The molecule has 1 fully saturated rings. The average Bonchev–Trinajstić information content (AvgIpc) is 2.74. The molecule has 1 saturated heterocycles. The molecule has 162 valence electrons. The number of hydrogen-bond acceptors (Lipinski definition) is 5. The molecule has 1 aliphatic heterocycles. The molecule has 2 aromatic rings. The molecule has 2 unspecified atom stereocenters. The van der Waals surface area contributed by atoms with Crippen LogP contribution in [0, 0.1) is 11.7 Å². The maximum Gasteiger partial charge on any atom is 0.226 e. The van der Waals surface area contributed by atoms with Gasteiger partial charge in [0.2, 0.25) is 10.0 Å². The van der Waals surface area contributed by atoms with Gasteiger partial charge >= 0.3 is 0 Å². The molecule has 1 heterocycles. The fraction of sp³-hybridized carbons (Fsp3) is 0.409. The molecule has 0 spiro atoms. The first-order valence-corrected chi connectivity index (χ1v) is 12.0. The van der Waals surface area contributed by atoms with Crippen LogP contribution in [0.1, 0.15) is 18.9 Å². The van der Waals surface area contributed by atoms with Gasteiger partial charge in [-0.1, -0.05) is 30.3 Å². The normalized spacial score (nSPS) is 17.5. The summed E-state index contributed by atoms with van der Waals surface area (Å²) in [7, 11) is -3.68. The summed E-state index contributed by atoms with van der Waals surface area (Å²) in [5, 5.41) is 0. The minimum absolute atomic E-state index is 0.0497. The number of Topliss-reactive ketones (excluding diaryl/α,β-unsaturated/α-hetero) is 1. The molecule has 3 rings (SSSR count). The fourth-order valence-corrected chi connectivity index (χ4v) is 6.08. The van der Waals surface area contributed by atoms with Crippen LogP contribution < -0.4 is 4.90 Å². The minimum atomic E-state index is -3.68. The highest BCUT2D eigenvalue weighted by Crippen LogP contribution is 2.28. The van der Waals surface area contributed by atoms with Crippen LogP contribution in [0.2, 0.25) is 0 Å². The Balaban J connectivity index is 1.69. The van der Waals surface area contributed by atoms with Crippen LogP contribution in [0.4, 0.5) is 10.1 Å². The Bertz CT molecular complexity index is 944. The van der Waals surface area contributed by atoms with Crippen LogP contribution in [-0.4, -0.2) is 49.3 Å². The summed E-state index contributed by atoms with van der Waals surface area (Å²) >= 11 is 4.49. The van der Waals surface area contributed by atoms with Crippen molar-refractivity contribution in [2.24, 2.45) is 5.92 Å². The Morgan fingerprint density at radius 1 is 1.03 bits per heavy atom. The zero-order valence-corrected chi connectivity index (χ0v) is 18.7. The maximum absolute atomic E-state index is 13.3. The van der Waals surface area contributed by atoms with Crippen LogP contribution in [0.15, 0.2) is 54.6 Å². The van der Waals surface area contributed by atoms with Crippen molar-refractivity contribution in [3.8, 4) is 0 Å². The molecule has 8 heteroatoms. The van der Waals surface area contributed by atoms with Crippen molar-refractivity contribution < 1.29 is 17.6 Å². The Kier molecular flexibility index (Phi) is 7.55. The van der Waals surface area contributed by atoms with E-state index in [1.165, 1.54) is 23.4 Å². The molecular weight excluding hydrogens is 423 g/mol. The second-order valence-electron chi connectivity index (χ2n) is 7.65. The average molecular weight is 451 g/mol. The molecule has 0 aliphatic carbocycles. The monoisotopic (exact) mass is 450 g/mol. The zero-order valence-electron chi connectivity index (χ0n) is 16.9. The van der Waals surface area contributed by atoms with Gasteiger partial charge in [0.15, 0.2) is 0 Å².